The summed E-state index contributed by atoms with van der Waals surface area (Å²) in [5, 5.41) is 0.646. The summed E-state index contributed by atoms with van der Waals surface area (Å²) >= 11 is 8.64. The fourth-order valence-electron chi connectivity index (χ4n) is 1.23. The highest BCUT2D eigenvalue weighted by Gasteiger charge is 2.21. The first-order chi connectivity index (χ1) is 3.84. The first kappa shape index (κ1) is 6.81. The molecule has 0 amide bonds. The van der Waals surface area contributed by atoms with E-state index in [0.29, 0.717) is 5.25 Å². The molecule has 0 bridgehead atoms. The van der Waals surface area contributed by atoms with Gasteiger partial charge in [0.25, 0.3) is 0 Å². The van der Waals surface area contributed by atoms with Crippen LogP contribution in [0.3, 0.4) is 0 Å². The maximum absolute atomic E-state index is 4.42. The van der Waals surface area contributed by atoms with Gasteiger partial charge in [0.1, 0.15) is 0 Å². The van der Waals surface area contributed by atoms with Crippen molar-refractivity contribution in [2.45, 2.75) is 24.5 Å². The lowest BCUT2D eigenvalue weighted by molar-refractivity contribution is 0.640. The van der Waals surface area contributed by atoms with Crippen molar-refractivity contribution in [2.24, 2.45) is 5.92 Å². The molecule has 0 radical (unpaired) electrons. The van der Waals surface area contributed by atoms with Crippen molar-refractivity contribution < 1.29 is 0 Å². The molecule has 1 aliphatic rings. The van der Waals surface area contributed by atoms with Gasteiger partial charge in [0.15, 0.2) is 0 Å². The molecule has 1 fully saturated rings. The van der Waals surface area contributed by atoms with Crippen molar-refractivity contribution in [3.63, 3.8) is 0 Å². The first-order valence-corrected chi connectivity index (χ1v) is 4.28. The topological polar surface area (TPSA) is 0 Å². The minimum Gasteiger partial charge on any atom is -0.179 e. The SMILES string of the molecule is SCC1CCC[C@@H]1S. The molecule has 0 heterocycles. The van der Waals surface area contributed by atoms with E-state index in [4.69, 9.17) is 0 Å². The molecule has 0 aromatic rings. The zero-order valence-corrected chi connectivity index (χ0v) is 6.67. The summed E-state index contributed by atoms with van der Waals surface area (Å²) in [6.45, 7) is 0. The summed E-state index contributed by atoms with van der Waals surface area (Å²) in [4.78, 5) is 0. The maximum atomic E-state index is 4.42. The van der Waals surface area contributed by atoms with Gasteiger partial charge in [-0.05, 0) is 24.5 Å². The summed E-state index contributed by atoms with van der Waals surface area (Å²) in [5.74, 6) is 1.82. The Hall–Kier alpha value is 0.700. The lowest BCUT2D eigenvalue weighted by Crippen LogP contribution is -2.07. The van der Waals surface area contributed by atoms with Crippen LogP contribution in [0.2, 0.25) is 0 Å². The first-order valence-electron chi connectivity index (χ1n) is 3.13. The van der Waals surface area contributed by atoms with Gasteiger partial charge in [-0.3, -0.25) is 0 Å². The van der Waals surface area contributed by atoms with Crippen LogP contribution in [-0.2, 0) is 0 Å². The molecule has 0 aliphatic heterocycles. The highest BCUT2D eigenvalue weighted by atomic mass is 32.1. The maximum Gasteiger partial charge on any atom is 0.00528 e. The average molecular weight is 148 g/mol. The van der Waals surface area contributed by atoms with Crippen molar-refractivity contribution in [1.82, 2.24) is 0 Å². The largest absolute Gasteiger partial charge is 0.179 e. The fraction of sp³-hybridized carbons (Fsp3) is 1.00. The zero-order chi connectivity index (χ0) is 5.98. The average Bonchev–Trinajstić information content (AvgIpc) is 2.14. The molecule has 0 N–H and O–H groups in total. The van der Waals surface area contributed by atoms with Crippen molar-refractivity contribution in [3.8, 4) is 0 Å². The van der Waals surface area contributed by atoms with Gasteiger partial charge in [-0.25, -0.2) is 0 Å². The Balaban J connectivity index is 2.30. The van der Waals surface area contributed by atoms with Gasteiger partial charge in [0.05, 0.1) is 0 Å². The molecule has 0 aromatic carbocycles. The summed E-state index contributed by atoms with van der Waals surface area (Å²) in [7, 11) is 0. The molecule has 0 aromatic heterocycles. The fourth-order valence-corrected chi connectivity index (χ4v) is 2.27. The van der Waals surface area contributed by atoms with Gasteiger partial charge in [0.2, 0.25) is 0 Å². The Morgan fingerprint density at radius 2 is 2.12 bits per heavy atom. The van der Waals surface area contributed by atoms with E-state index in [1.165, 1.54) is 19.3 Å². The minimum atomic E-state index is 0.646. The molecule has 0 nitrogen and oxygen atoms in total. The van der Waals surface area contributed by atoms with Crippen molar-refractivity contribution in [3.05, 3.63) is 0 Å². The standard InChI is InChI=1S/C6H12S2/c7-4-5-2-1-3-6(5)8/h5-8H,1-4H2/t5?,6-/m0/s1. The van der Waals surface area contributed by atoms with Crippen molar-refractivity contribution in [2.75, 3.05) is 5.75 Å². The van der Waals surface area contributed by atoms with Crippen LogP contribution in [0.25, 0.3) is 0 Å². The summed E-state index contributed by atoms with van der Waals surface area (Å²) in [6, 6.07) is 0. The van der Waals surface area contributed by atoms with Crippen LogP contribution < -0.4 is 0 Å². The third-order valence-corrected chi connectivity index (χ3v) is 3.00. The quantitative estimate of drug-likeness (QED) is 0.522. The summed E-state index contributed by atoms with van der Waals surface area (Å²) in [6.07, 6.45) is 4.01. The van der Waals surface area contributed by atoms with E-state index in [9.17, 15) is 0 Å². The van der Waals surface area contributed by atoms with Crippen LogP contribution >= 0.6 is 25.3 Å². The molecule has 2 atom stereocenters. The molecule has 2 heteroatoms. The second-order valence-corrected chi connectivity index (χ2v) is 3.47. The second-order valence-electron chi connectivity index (χ2n) is 2.44. The molecule has 1 aliphatic carbocycles. The van der Waals surface area contributed by atoms with Gasteiger partial charge >= 0.3 is 0 Å². The lowest BCUT2D eigenvalue weighted by atomic mass is 10.1. The smallest absolute Gasteiger partial charge is 0.00528 e. The third-order valence-electron chi connectivity index (χ3n) is 1.85. The normalized spacial score (nSPS) is 38.2. The second kappa shape index (κ2) is 3.02. The lowest BCUT2D eigenvalue weighted by Gasteiger charge is -2.08. The van der Waals surface area contributed by atoms with Gasteiger partial charge in [-0.15, -0.1) is 0 Å². The van der Waals surface area contributed by atoms with Crippen molar-refractivity contribution in [1.29, 1.82) is 0 Å². The van der Waals surface area contributed by atoms with E-state index in [-0.39, 0.29) is 0 Å². The van der Waals surface area contributed by atoms with E-state index < -0.39 is 0 Å². The Bertz CT molecular complexity index is 72.9. The molecule has 1 saturated carbocycles. The number of hydrogen-bond acceptors (Lipinski definition) is 2. The Morgan fingerprint density at radius 1 is 1.38 bits per heavy atom. The Labute approximate surface area is 61.9 Å². The predicted octanol–water partition coefficient (Wildman–Crippen LogP) is 2.01. The summed E-state index contributed by atoms with van der Waals surface area (Å²) < 4.78 is 0. The van der Waals surface area contributed by atoms with Gasteiger partial charge < -0.3 is 0 Å². The molecule has 48 valence electrons. The third kappa shape index (κ3) is 1.35. The number of thiol groups is 2. The Morgan fingerprint density at radius 3 is 2.38 bits per heavy atom. The van der Waals surface area contributed by atoms with Crippen molar-refractivity contribution >= 4 is 25.3 Å². The van der Waals surface area contributed by atoms with Crippen LogP contribution in [0.5, 0.6) is 0 Å². The highest BCUT2D eigenvalue weighted by Crippen LogP contribution is 2.30. The van der Waals surface area contributed by atoms with E-state index in [0.717, 1.165) is 11.7 Å². The monoisotopic (exact) mass is 148 g/mol. The highest BCUT2D eigenvalue weighted by molar-refractivity contribution is 7.81. The number of hydrogen-bond donors (Lipinski definition) is 2. The zero-order valence-electron chi connectivity index (χ0n) is 4.88. The Kier molecular flexibility index (Phi) is 2.57. The van der Waals surface area contributed by atoms with Crippen LogP contribution in [0.15, 0.2) is 0 Å². The molecule has 1 rings (SSSR count). The van der Waals surface area contributed by atoms with Gasteiger partial charge in [-0.1, -0.05) is 6.42 Å². The van der Waals surface area contributed by atoms with E-state index in [1.807, 2.05) is 0 Å². The molecule has 0 saturated heterocycles. The molecular weight excluding hydrogens is 136 g/mol. The molecule has 8 heavy (non-hydrogen) atoms. The predicted molar refractivity (Wildman–Crippen MR) is 44.0 cm³/mol. The van der Waals surface area contributed by atoms with E-state index in [2.05, 4.69) is 25.3 Å². The van der Waals surface area contributed by atoms with Crippen LogP contribution in [0.1, 0.15) is 19.3 Å². The minimum absolute atomic E-state index is 0.646. The number of rotatable bonds is 1. The van der Waals surface area contributed by atoms with Gasteiger partial charge in [0, 0.05) is 5.25 Å². The summed E-state index contributed by atoms with van der Waals surface area (Å²) in [5.41, 5.74) is 0. The van der Waals surface area contributed by atoms with Crippen LogP contribution in [0.4, 0.5) is 0 Å². The molecular formula is C6H12S2. The van der Waals surface area contributed by atoms with Gasteiger partial charge in [-0.2, -0.15) is 25.3 Å². The molecule has 1 unspecified atom stereocenters. The van der Waals surface area contributed by atoms with E-state index in [1.54, 1.807) is 0 Å². The molecule has 0 spiro atoms. The van der Waals surface area contributed by atoms with E-state index >= 15 is 0 Å². The van der Waals surface area contributed by atoms with Crippen LogP contribution in [-0.4, -0.2) is 11.0 Å². The van der Waals surface area contributed by atoms with Crippen LogP contribution in [0, 0.1) is 5.92 Å².